The number of aliphatic hydroxyl groups is 1. The molecule has 0 heterocycles. The number of carbonyl (C=O) groups is 1. The van der Waals surface area contributed by atoms with Crippen LogP contribution < -0.4 is 4.74 Å². The molecule has 1 aliphatic rings. The van der Waals surface area contributed by atoms with Crippen LogP contribution in [-0.2, 0) is 0 Å². The Morgan fingerprint density at radius 1 is 1.33 bits per heavy atom. The molecule has 0 bridgehead atoms. The lowest BCUT2D eigenvalue weighted by atomic mass is 9.79. The van der Waals surface area contributed by atoms with Crippen molar-refractivity contribution in [2.75, 3.05) is 7.11 Å². The van der Waals surface area contributed by atoms with Gasteiger partial charge in [-0.3, -0.25) is 4.79 Å². The van der Waals surface area contributed by atoms with Crippen LogP contribution in [0.1, 0.15) is 42.5 Å². The van der Waals surface area contributed by atoms with Gasteiger partial charge in [-0.2, -0.15) is 0 Å². The maximum Gasteiger partial charge on any atom is 0.194 e. The average molecular weight is 252 g/mol. The van der Waals surface area contributed by atoms with Crippen molar-refractivity contribution in [3.63, 3.8) is 0 Å². The topological polar surface area (TPSA) is 46.5 Å². The second kappa shape index (κ2) is 5.06. The van der Waals surface area contributed by atoms with Crippen molar-refractivity contribution in [2.24, 2.45) is 0 Å². The van der Waals surface area contributed by atoms with Gasteiger partial charge in [0, 0.05) is 5.56 Å². The highest BCUT2D eigenvalue weighted by Gasteiger charge is 2.37. The number of hydrogen-bond acceptors (Lipinski definition) is 3. The fourth-order valence-corrected chi connectivity index (χ4v) is 2.44. The molecule has 0 aliphatic heterocycles. The number of halogens is 1. The minimum atomic E-state index is -1.32. The first kappa shape index (κ1) is 13.0. The molecule has 2 rings (SSSR count). The number of hydrogen-bond donors (Lipinski definition) is 1. The molecule has 1 N–H and O–H groups in total. The molecule has 18 heavy (non-hydrogen) atoms. The molecule has 0 atom stereocenters. The highest BCUT2D eigenvalue weighted by atomic mass is 19.1. The second-order valence-corrected chi connectivity index (χ2v) is 4.77. The fourth-order valence-electron chi connectivity index (χ4n) is 2.44. The quantitative estimate of drug-likeness (QED) is 0.841. The van der Waals surface area contributed by atoms with E-state index in [2.05, 4.69) is 0 Å². The third-order valence-corrected chi connectivity index (χ3v) is 3.52. The summed E-state index contributed by atoms with van der Waals surface area (Å²) in [6.45, 7) is 0. The van der Waals surface area contributed by atoms with E-state index in [0.29, 0.717) is 12.8 Å². The number of methoxy groups -OCH3 is 1. The molecule has 0 aromatic heterocycles. The summed E-state index contributed by atoms with van der Waals surface area (Å²) in [6.07, 6.45) is 3.62. The van der Waals surface area contributed by atoms with Gasteiger partial charge in [0.05, 0.1) is 7.11 Å². The normalized spacial score (nSPS) is 18.4. The Bertz CT molecular complexity index is 450. The standard InChI is InChI=1S/C14H17FO3/c1-18-12-6-5-10(9-11(12)15)13(16)14(17)7-3-2-4-8-14/h5-6,9,17H,2-4,7-8H2,1H3. The minimum absolute atomic E-state index is 0.0992. The van der Waals surface area contributed by atoms with Gasteiger partial charge in [0.15, 0.2) is 17.3 Å². The van der Waals surface area contributed by atoms with E-state index < -0.39 is 11.4 Å². The SMILES string of the molecule is COc1ccc(C(=O)C2(O)CCCCC2)cc1F. The van der Waals surface area contributed by atoms with Crippen LogP contribution in [0.4, 0.5) is 4.39 Å². The summed E-state index contributed by atoms with van der Waals surface area (Å²) in [6, 6.07) is 4.04. The van der Waals surface area contributed by atoms with Gasteiger partial charge < -0.3 is 9.84 Å². The Morgan fingerprint density at radius 2 is 2.00 bits per heavy atom. The molecule has 1 aromatic carbocycles. The number of ketones is 1. The highest BCUT2D eigenvalue weighted by molar-refractivity contribution is 6.02. The molecule has 0 radical (unpaired) electrons. The van der Waals surface area contributed by atoms with Crippen molar-refractivity contribution in [3.8, 4) is 5.75 Å². The lowest BCUT2D eigenvalue weighted by Crippen LogP contribution is -2.40. The van der Waals surface area contributed by atoms with E-state index in [9.17, 15) is 14.3 Å². The van der Waals surface area contributed by atoms with Crippen molar-refractivity contribution in [1.29, 1.82) is 0 Å². The Morgan fingerprint density at radius 3 is 2.56 bits per heavy atom. The lowest BCUT2D eigenvalue weighted by molar-refractivity contribution is 0.0116. The van der Waals surface area contributed by atoms with Gasteiger partial charge in [0.2, 0.25) is 0 Å². The molecule has 0 amide bonds. The molecule has 0 saturated heterocycles. The molecule has 1 aliphatic carbocycles. The molecule has 1 saturated carbocycles. The van der Waals surface area contributed by atoms with E-state index in [0.717, 1.165) is 25.3 Å². The van der Waals surface area contributed by atoms with Gasteiger partial charge in [-0.25, -0.2) is 4.39 Å². The van der Waals surface area contributed by atoms with Gasteiger partial charge in [-0.1, -0.05) is 19.3 Å². The van der Waals surface area contributed by atoms with Gasteiger partial charge in [-0.05, 0) is 31.0 Å². The monoisotopic (exact) mass is 252 g/mol. The number of Topliss-reactive ketones (excluding diaryl/α,β-unsaturated/α-hetero) is 1. The minimum Gasteiger partial charge on any atom is -0.494 e. The Kier molecular flexibility index (Phi) is 3.66. The van der Waals surface area contributed by atoms with Crippen molar-refractivity contribution in [1.82, 2.24) is 0 Å². The smallest absolute Gasteiger partial charge is 0.194 e. The molecule has 3 nitrogen and oxygen atoms in total. The molecule has 1 aromatic rings. The largest absolute Gasteiger partial charge is 0.494 e. The number of carbonyl (C=O) groups excluding carboxylic acids is 1. The predicted molar refractivity (Wildman–Crippen MR) is 65.3 cm³/mol. The summed E-state index contributed by atoms with van der Waals surface area (Å²) >= 11 is 0. The number of benzene rings is 1. The van der Waals surface area contributed by atoms with E-state index in [-0.39, 0.29) is 17.1 Å². The van der Waals surface area contributed by atoms with Gasteiger partial charge in [0.1, 0.15) is 5.60 Å². The van der Waals surface area contributed by atoms with Gasteiger partial charge in [0.25, 0.3) is 0 Å². The maximum atomic E-state index is 13.5. The second-order valence-electron chi connectivity index (χ2n) is 4.77. The summed E-state index contributed by atoms with van der Waals surface area (Å²) < 4.78 is 18.3. The van der Waals surface area contributed by atoms with Gasteiger partial charge in [-0.15, -0.1) is 0 Å². The third kappa shape index (κ3) is 2.38. The van der Waals surface area contributed by atoms with Crippen LogP contribution in [0.15, 0.2) is 18.2 Å². The Labute approximate surface area is 106 Å². The predicted octanol–water partition coefficient (Wildman–Crippen LogP) is 2.71. The fraction of sp³-hybridized carbons (Fsp3) is 0.500. The van der Waals surface area contributed by atoms with Crippen LogP contribution in [-0.4, -0.2) is 23.6 Å². The lowest BCUT2D eigenvalue weighted by Gasteiger charge is -2.30. The van der Waals surface area contributed by atoms with E-state index in [1.54, 1.807) is 0 Å². The van der Waals surface area contributed by atoms with Crippen LogP contribution in [0.25, 0.3) is 0 Å². The summed E-state index contributed by atoms with van der Waals surface area (Å²) in [7, 11) is 1.37. The number of ether oxygens (including phenoxy) is 1. The van der Waals surface area contributed by atoms with Crippen molar-refractivity contribution >= 4 is 5.78 Å². The van der Waals surface area contributed by atoms with Crippen LogP contribution in [0.2, 0.25) is 0 Å². The third-order valence-electron chi connectivity index (χ3n) is 3.52. The zero-order valence-electron chi connectivity index (χ0n) is 10.4. The average Bonchev–Trinajstić information content (AvgIpc) is 2.38. The van der Waals surface area contributed by atoms with Crippen LogP contribution in [0, 0.1) is 5.82 Å². The molecule has 1 fully saturated rings. The molecular formula is C14H17FO3. The first-order chi connectivity index (χ1) is 8.57. The van der Waals surface area contributed by atoms with Crippen molar-refractivity contribution in [2.45, 2.75) is 37.7 Å². The highest BCUT2D eigenvalue weighted by Crippen LogP contribution is 2.32. The molecule has 4 heteroatoms. The molecule has 98 valence electrons. The van der Waals surface area contributed by atoms with E-state index in [4.69, 9.17) is 4.74 Å². The first-order valence-electron chi connectivity index (χ1n) is 6.17. The first-order valence-corrected chi connectivity index (χ1v) is 6.17. The van der Waals surface area contributed by atoms with Gasteiger partial charge >= 0.3 is 0 Å². The van der Waals surface area contributed by atoms with Crippen molar-refractivity contribution < 1.29 is 19.0 Å². The number of rotatable bonds is 3. The molecule has 0 unspecified atom stereocenters. The van der Waals surface area contributed by atoms with Crippen molar-refractivity contribution in [3.05, 3.63) is 29.6 Å². The molecule has 0 spiro atoms. The summed E-state index contributed by atoms with van der Waals surface area (Å²) in [5.41, 5.74) is -1.11. The van der Waals surface area contributed by atoms with Crippen LogP contribution in [0.5, 0.6) is 5.75 Å². The van der Waals surface area contributed by atoms with Crippen LogP contribution in [0.3, 0.4) is 0 Å². The zero-order chi connectivity index (χ0) is 13.2. The summed E-state index contributed by atoms with van der Waals surface area (Å²) in [4.78, 5) is 12.2. The van der Waals surface area contributed by atoms with Crippen LogP contribution >= 0.6 is 0 Å². The van der Waals surface area contributed by atoms with E-state index in [1.165, 1.54) is 19.2 Å². The van der Waals surface area contributed by atoms with E-state index >= 15 is 0 Å². The summed E-state index contributed by atoms with van der Waals surface area (Å²) in [5, 5.41) is 10.3. The zero-order valence-corrected chi connectivity index (χ0v) is 10.4. The summed E-state index contributed by atoms with van der Waals surface area (Å²) in [5.74, 6) is -0.867. The molecular weight excluding hydrogens is 235 g/mol. The Balaban J connectivity index is 2.25. The Hall–Kier alpha value is -1.42. The van der Waals surface area contributed by atoms with E-state index in [1.807, 2.05) is 0 Å². The maximum absolute atomic E-state index is 13.5.